The third kappa shape index (κ3) is 3.15. The molecule has 1 saturated heterocycles. The second-order valence-electron chi connectivity index (χ2n) is 7.03. The molecule has 1 aliphatic carbocycles. The Kier molecular flexibility index (Phi) is 4.76. The molecule has 1 unspecified atom stereocenters. The van der Waals surface area contributed by atoms with Crippen molar-refractivity contribution in [2.45, 2.75) is 46.1 Å². The number of amidine groups is 1. The van der Waals surface area contributed by atoms with Gasteiger partial charge in [0.2, 0.25) is 5.91 Å². The zero-order valence-corrected chi connectivity index (χ0v) is 13.3. The quantitative estimate of drug-likeness (QED) is 0.305. The van der Waals surface area contributed by atoms with Crippen molar-refractivity contribution in [2.24, 2.45) is 28.1 Å². The van der Waals surface area contributed by atoms with Crippen molar-refractivity contribution < 1.29 is 10.0 Å². The van der Waals surface area contributed by atoms with Gasteiger partial charge in [-0.25, -0.2) is 0 Å². The maximum absolute atomic E-state index is 12.5. The molecule has 1 atom stereocenters. The van der Waals surface area contributed by atoms with Crippen molar-refractivity contribution in [1.82, 2.24) is 10.2 Å². The number of oxime groups is 1. The highest BCUT2D eigenvalue weighted by Crippen LogP contribution is 2.45. The van der Waals surface area contributed by atoms with Gasteiger partial charge in [0.1, 0.15) is 5.41 Å². The summed E-state index contributed by atoms with van der Waals surface area (Å²) in [5.41, 5.74) is 4.97. The van der Waals surface area contributed by atoms with E-state index in [0.29, 0.717) is 37.3 Å². The zero-order valence-electron chi connectivity index (χ0n) is 13.3. The van der Waals surface area contributed by atoms with E-state index in [0.717, 1.165) is 19.5 Å². The molecule has 2 rings (SSSR count). The van der Waals surface area contributed by atoms with Crippen LogP contribution in [0, 0.1) is 17.3 Å². The van der Waals surface area contributed by atoms with Crippen molar-refractivity contribution in [3.8, 4) is 0 Å². The smallest absolute Gasteiger partial charge is 0.233 e. The molecule has 1 aliphatic heterocycles. The molecule has 2 fully saturated rings. The van der Waals surface area contributed by atoms with E-state index in [9.17, 15) is 4.79 Å². The summed E-state index contributed by atoms with van der Waals surface area (Å²) >= 11 is 0. The summed E-state index contributed by atoms with van der Waals surface area (Å²) in [4.78, 5) is 14.9. The molecular weight excluding hydrogens is 268 g/mol. The van der Waals surface area contributed by atoms with Crippen LogP contribution in [-0.2, 0) is 4.79 Å². The standard InChI is InChI=1S/C15H28N4O2/c1-10(2)19-5-4-12(9-19)8-17-14(20)15(13(16)18-21)6-11(3)7-15/h10-12,21H,4-9H2,1-3H3,(H2,16,18)(H,17,20). The molecule has 1 heterocycles. The van der Waals surface area contributed by atoms with E-state index >= 15 is 0 Å². The van der Waals surface area contributed by atoms with Gasteiger partial charge in [0, 0.05) is 19.1 Å². The van der Waals surface area contributed by atoms with Gasteiger partial charge in [-0.3, -0.25) is 4.79 Å². The number of hydrogen-bond acceptors (Lipinski definition) is 4. The number of nitrogens with two attached hydrogens (primary N) is 1. The summed E-state index contributed by atoms with van der Waals surface area (Å²) in [6.45, 7) is 9.28. The van der Waals surface area contributed by atoms with Gasteiger partial charge in [-0.2, -0.15) is 0 Å². The van der Waals surface area contributed by atoms with Crippen LogP contribution in [0.3, 0.4) is 0 Å². The van der Waals surface area contributed by atoms with Crippen molar-refractivity contribution in [3.05, 3.63) is 0 Å². The molecule has 0 aromatic rings. The molecule has 0 radical (unpaired) electrons. The van der Waals surface area contributed by atoms with Crippen molar-refractivity contribution in [3.63, 3.8) is 0 Å². The maximum Gasteiger partial charge on any atom is 0.233 e. The number of carbonyl (C=O) groups is 1. The van der Waals surface area contributed by atoms with Gasteiger partial charge in [-0.1, -0.05) is 12.1 Å². The number of nitrogens with one attached hydrogen (secondary N) is 1. The summed E-state index contributed by atoms with van der Waals surface area (Å²) in [6, 6.07) is 0.557. The second-order valence-corrected chi connectivity index (χ2v) is 7.03. The largest absolute Gasteiger partial charge is 0.409 e. The number of amides is 1. The minimum atomic E-state index is -0.787. The molecule has 0 spiro atoms. The number of carbonyl (C=O) groups excluding carboxylic acids is 1. The fourth-order valence-electron chi connectivity index (χ4n) is 3.64. The molecule has 0 aromatic carbocycles. The molecule has 6 nitrogen and oxygen atoms in total. The average molecular weight is 296 g/mol. The van der Waals surface area contributed by atoms with Crippen molar-refractivity contribution in [2.75, 3.05) is 19.6 Å². The first-order chi connectivity index (χ1) is 9.89. The Balaban J connectivity index is 1.87. The van der Waals surface area contributed by atoms with Crippen LogP contribution in [0.25, 0.3) is 0 Å². The molecule has 1 amide bonds. The van der Waals surface area contributed by atoms with Crippen LogP contribution in [0.5, 0.6) is 0 Å². The molecule has 4 N–H and O–H groups in total. The lowest BCUT2D eigenvalue weighted by molar-refractivity contribution is -0.133. The van der Waals surface area contributed by atoms with Gasteiger partial charge in [0.15, 0.2) is 5.84 Å². The van der Waals surface area contributed by atoms with Gasteiger partial charge in [-0.15, -0.1) is 0 Å². The second kappa shape index (κ2) is 6.22. The lowest BCUT2D eigenvalue weighted by atomic mass is 9.61. The molecule has 21 heavy (non-hydrogen) atoms. The van der Waals surface area contributed by atoms with Crippen LogP contribution in [0.2, 0.25) is 0 Å². The summed E-state index contributed by atoms with van der Waals surface area (Å²) in [6.07, 6.45) is 2.44. The zero-order chi connectivity index (χ0) is 15.6. The van der Waals surface area contributed by atoms with E-state index in [1.165, 1.54) is 0 Å². The first-order valence-corrected chi connectivity index (χ1v) is 7.89. The molecule has 120 valence electrons. The fourth-order valence-corrected chi connectivity index (χ4v) is 3.64. The minimum Gasteiger partial charge on any atom is -0.409 e. The third-order valence-electron chi connectivity index (χ3n) is 5.03. The van der Waals surface area contributed by atoms with E-state index in [1.807, 2.05) is 0 Å². The first kappa shape index (κ1) is 16.1. The van der Waals surface area contributed by atoms with Crippen LogP contribution in [0.15, 0.2) is 5.16 Å². The maximum atomic E-state index is 12.5. The molecule has 6 heteroatoms. The van der Waals surface area contributed by atoms with Crippen LogP contribution in [-0.4, -0.2) is 47.5 Å². The Morgan fingerprint density at radius 3 is 2.67 bits per heavy atom. The van der Waals surface area contributed by atoms with Crippen molar-refractivity contribution >= 4 is 11.7 Å². The van der Waals surface area contributed by atoms with Crippen LogP contribution in [0.1, 0.15) is 40.0 Å². The lowest BCUT2D eigenvalue weighted by Gasteiger charge is -2.43. The average Bonchev–Trinajstić information content (AvgIpc) is 2.89. The molecule has 0 bridgehead atoms. The summed E-state index contributed by atoms with van der Waals surface area (Å²) in [7, 11) is 0. The number of nitrogens with zero attached hydrogens (tertiary/aromatic N) is 2. The highest BCUT2D eigenvalue weighted by molar-refractivity contribution is 6.07. The number of hydrogen-bond donors (Lipinski definition) is 3. The summed E-state index contributed by atoms with van der Waals surface area (Å²) in [5.74, 6) is 0.907. The Hall–Kier alpha value is -1.30. The molecule has 0 aromatic heterocycles. The normalized spacial score (nSPS) is 34.0. The van der Waals surface area contributed by atoms with Gasteiger partial charge in [-0.05, 0) is 51.5 Å². The van der Waals surface area contributed by atoms with Gasteiger partial charge in [0.25, 0.3) is 0 Å². The predicted octanol–water partition coefficient (Wildman–Crippen LogP) is 0.996. The molecule has 2 aliphatic rings. The SMILES string of the molecule is CC1CC(C(=O)NCC2CCN(C(C)C)C2)(C(N)=NO)C1. The van der Waals surface area contributed by atoms with E-state index < -0.39 is 5.41 Å². The highest BCUT2D eigenvalue weighted by atomic mass is 16.4. The van der Waals surface area contributed by atoms with E-state index in [4.69, 9.17) is 10.9 Å². The molecule has 1 saturated carbocycles. The predicted molar refractivity (Wildman–Crippen MR) is 82.1 cm³/mol. The van der Waals surface area contributed by atoms with Gasteiger partial charge >= 0.3 is 0 Å². The number of rotatable bonds is 5. The van der Waals surface area contributed by atoms with Gasteiger partial charge in [0.05, 0.1) is 0 Å². The Morgan fingerprint density at radius 1 is 1.52 bits per heavy atom. The minimum absolute atomic E-state index is 0.0494. The monoisotopic (exact) mass is 296 g/mol. The van der Waals surface area contributed by atoms with E-state index in [-0.39, 0.29) is 11.7 Å². The van der Waals surface area contributed by atoms with Crippen LogP contribution < -0.4 is 11.1 Å². The fraction of sp³-hybridized carbons (Fsp3) is 0.867. The Labute approximate surface area is 126 Å². The van der Waals surface area contributed by atoms with Crippen molar-refractivity contribution in [1.29, 1.82) is 0 Å². The summed E-state index contributed by atoms with van der Waals surface area (Å²) in [5, 5.41) is 15.0. The number of likely N-dealkylation sites (tertiary alicyclic amines) is 1. The Morgan fingerprint density at radius 2 is 2.19 bits per heavy atom. The lowest BCUT2D eigenvalue weighted by Crippen LogP contribution is -2.57. The first-order valence-electron chi connectivity index (χ1n) is 7.89. The van der Waals surface area contributed by atoms with Gasteiger partial charge < -0.3 is 21.2 Å². The third-order valence-corrected chi connectivity index (χ3v) is 5.03. The van der Waals surface area contributed by atoms with Crippen LogP contribution in [0.4, 0.5) is 0 Å². The highest BCUT2D eigenvalue weighted by Gasteiger charge is 2.52. The van der Waals surface area contributed by atoms with Crippen LogP contribution >= 0.6 is 0 Å². The summed E-state index contributed by atoms with van der Waals surface area (Å²) < 4.78 is 0. The van der Waals surface area contributed by atoms with E-state index in [1.54, 1.807) is 0 Å². The van der Waals surface area contributed by atoms with E-state index in [2.05, 4.69) is 36.1 Å². The molecular formula is C15H28N4O2. The topological polar surface area (TPSA) is 91.0 Å². The Bertz CT molecular complexity index is 416.